The minimum absolute atomic E-state index is 0.882. The van der Waals surface area contributed by atoms with Crippen LogP contribution in [0.2, 0.25) is 0 Å². The molecule has 0 saturated carbocycles. The topological polar surface area (TPSA) is 37.8 Å². The van der Waals surface area contributed by atoms with Crippen molar-refractivity contribution in [2.75, 3.05) is 6.54 Å². The molecule has 0 atom stereocenters. The van der Waals surface area contributed by atoms with Gasteiger partial charge < -0.3 is 5.32 Å². The Balaban J connectivity index is 1.52. The summed E-state index contributed by atoms with van der Waals surface area (Å²) in [7, 11) is 0. The van der Waals surface area contributed by atoms with Gasteiger partial charge in [-0.2, -0.15) is 0 Å². The summed E-state index contributed by atoms with van der Waals surface area (Å²) in [5, 5.41) is 4.63. The quantitative estimate of drug-likeness (QED) is 0.723. The molecule has 0 amide bonds. The molecule has 2 heterocycles. The van der Waals surface area contributed by atoms with Gasteiger partial charge in [-0.25, -0.2) is 4.98 Å². The minimum atomic E-state index is 0.882. The van der Waals surface area contributed by atoms with Crippen molar-refractivity contribution >= 4 is 21.6 Å². The molecular formula is C15H15N3S. The predicted octanol–water partition coefficient (Wildman–Crippen LogP) is 3.02. The zero-order valence-corrected chi connectivity index (χ0v) is 11.4. The number of hydrogen-bond donors (Lipinski definition) is 1. The number of nitrogens with one attached hydrogen (secondary N) is 1. The lowest BCUT2D eigenvalue weighted by Gasteiger charge is -2.02. The molecule has 0 aliphatic rings. The number of rotatable bonds is 5. The summed E-state index contributed by atoms with van der Waals surface area (Å²) in [5.41, 5.74) is 2.37. The highest BCUT2D eigenvalue weighted by Gasteiger charge is 2.02. The number of hydrogen-bond acceptors (Lipinski definition) is 4. The lowest BCUT2D eigenvalue weighted by atomic mass is 10.2. The van der Waals surface area contributed by atoms with Crippen LogP contribution in [0, 0.1) is 0 Å². The average molecular weight is 269 g/mol. The number of nitrogens with zero attached hydrogens (tertiary/aromatic N) is 2. The smallest absolute Gasteiger partial charge is 0.0951 e. The van der Waals surface area contributed by atoms with Gasteiger partial charge >= 0.3 is 0 Å². The molecule has 1 N–H and O–H groups in total. The van der Waals surface area contributed by atoms with Crippen LogP contribution in [-0.2, 0) is 13.0 Å². The Hall–Kier alpha value is -1.78. The van der Waals surface area contributed by atoms with Gasteiger partial charge in [0.2, 0.25) is 0 Å². The Bertz CT molecular complexity index is 616. The number of para-hydroxylation sites is 1. The van der Waals surface area contributed by atoms with Crippen molar-refractivity contribution in [3.8, 4) is 0 Å². The van der Waals surface area contributed by atoms with Crippen molar-refractivity contribution in [1.82, 2.24) is 15.3 Å². The summed E-state index contributed by atoms with van der Waals surface area (Å²) in [4.78, 5) is 8.64. The summed E-state index contributed by atoms with van der Waals surface area (Å²) in [5.74, 6) is 0. The lowest BCUT2D eigenvalue weighted by Crippen LogP contribution is -2.16. The molecule has 96 valence electrons. The van der Waals surface area contributed by atoms with E-state index in [0.29, 0.717) is 0 Å². The number of benzene rings is 1. The van der Waals surface area contributed by atoms with Gasteiger partial charge in [0.15, 0.2) is 0 Å². The molecule has 0 bridgehead atoms. The fourth-order valence-corrected chi connectivity index (χ4v) is 2.92. The number of fused-ring (bicyclic) bond motifs is 1. The van der Waals surface area contributed by atoms with Gasteiger partial charge in [0, 0.05) is 31.9 Å². The third kappa shape index (κ3) is 3.16. The zero-order chi connectivity index (χ0) is 12.9. The standard InChI is InChI=1S/C15H15N3S/c1-2-4-14-13(3-1)18-15(19-14)7-10-17-11-12-5-8-16-9-6-12/h1-6,8-9,17H,7,10-11H2. The van der Waals surface area contributed by atoms with E-state index in [2.05, 4.69) is 33.5 Å². The molecule has 0 fully saturated rings. The third-order valence-corrected chi connectivity index (χ3v) is 4.03. The normalized spacial score (nSPS) is 10.9. The highest BCUT2D eigenvalue weighted by molar-refractivity contribution is 7.18. The van der Waals surface area contributed by atoms with Crippen molar-refractivity contribution in [1.29, 1.82) is 0 Å². The highest BCUT2D eigenvalue weighted by atomic mass is 32.1. The Morgan fingerprint density at radius 1 is 1.05 bits per heavy atom. The summed E-state index contributed by atoms with van der Waals surface area (Å²) in [6, 6.07) is 12.4. The zero-order valence-electron chi connectivity index (χ0n) is 10.5. The molecule has 2 aromatic heterocycles. The second kappa shape index (κ2) is 5.91. The Morgan fingerprint density at radius 2 is 1.89 bits per heavy atom. The minimum Gasteiger partial charge on any atom is -0.312 e. The van der Waals surface area contributed by atoms with E-state index < -0.39 is 0 Å². The van der Waals surface area contributed by atoms with Crippen LogP contribution >= 0.6 is 11.3 Å². The van der Waals surface area contributed by atoms with Crippen LogP contribution in [0.25, 0.3) is 10.2 Å². The van der Waals surface area contributed by atoms with E-state index >= 15 is 0 Å². The van der Waals surface area contributed by atoms with Crippen molar-refractivity contribution < 1.29 is 0 Å². The van der Waals surface area contributed by atoms with E-state index in [0.717, 1.165) is 25.0 Å². The molecule has 0 radical (unpaired) electrons. The maximum absolute atomic E-state index is 4.63. The van der Waals surface area contributed by atoms with Crippen LogP contribution in [0.4, 0.5) is 0 Å². The maximum atomic E-state index is 4.63. The molecule has 0 aliphatic heterocycles. The molecule has 4 heteroatoms. The predicted molar refractivity (Wildman–Crippen MR) is 79.3 cm³/mol. The van der Waals surface area contributed by atoms with Crippen LogP contribution < -0.4 is 5.32 Å². The molecule has 19 heavy (non-hydrogen) atoms. The average Bonchev–Trinajstić information content (AvgIpc) is 2.87. The number of pyridine rings is 1. The molecule has 3 aromatic rings. The molecule has 0 spiro atoms. The van der Waals surface area contributed by atoms with Crippen LogP contribution in [0.5, 0.6) is 0 Å². The number of aromatic nitrogens is 2. The summed E-state index contributed by atoms with van der Waals surface area (Å²) >= 11 is 1.78. The molecule has 0 aliphatic carbocycles. The maximum Gasteiger partial charge on any atom is 0.0951 e. The summed E-state index contributed by atoms with van der Waals surface area (Å²) in [6.07, 6.45) is 4.62. The first-order valence-corrected chi connectivity index (χ1v) is 7.17. The van der Waals surface area contributed by atoms with Gasteiger partial charge in [-0.3, -0.25) is 4.98 Å². The first-order chi connectivity index (χ1) is 9.42. The van der Waals surface area contributed by atoms with Crippen molar-refractivity contribution in [2.24, 2.45) is 0 Å². The second-order valence-electron chi connectivity index (χ2n) is 4.36. The van der Waals surface area contributed by atoms with E-state index in [9.17, 15) is 0 Å². The van der Waals surface area contributed by atoms with E-state index in [4.69, 9.17) is 0 Å². The molecule has 3 nitrogen and oxygen atoms in total. The first kappa shape index (κ1) is 12.3. The van der Waals surface area contributed by atoms with Gasteiger partial charge in [-0.15, -0.1) is 11.3 Å². The Kier molecular flexibility index (Phi) is 3.81. The van der Waals surface area contributed by atoms with E-state index in [1.165, 1.54) is 15.3 Å². The molecule has 3 rings (SSSR count). The van der Waals surface area contributed by atoms with E-state index in [-0.39, 0.29) is 0 Å². The van der Waals surface area contributed by atoms with Gasteiger partial charge in [-0.1, -0.05) is 12.1 Å². The summed E-state index contributed by atoms with van der Waals surface area (Å²) < 4.78 is 1.27. The Labute approximate surface area is 116 Å². The molecule has 0 saturated heterocycles. The number of thiazole rings is 1. The van der Waals surface area contributed by atoms with Crippen molar-refractivity contribution in [3.05, 3.63) is 59.4 Å². The van der Waals surface area contributed by atoms with Gasteiger partial charge in [-0.05, 0) is 29.8 Å². The van der Waals surface area contributed by atoms with Gasteiger partial charge in [0.25, 0.3) is 0 Å². The van der Waals surface area contributed by atoms with Crippen LogP contribution in [-0.4, -0.2) is 16.5 Å². The SMILES string of the molecule is c1ccc2sc(CCNCc3ccncc3)nc2c1. The summed E-state index contributed by atoms with van der Waals surface area (Å²) in [6.45, 7) is 1.83. The van der Waals surface area contributed by atoms with Crippen LogP contribution in [0.15, 0.2) is 48.8 Å². The van der Waals surface area contributed by atoms with E-state index in [1.54, 1.807) is 11.3 Å². The second-order valence-corrected chi connectivity index (χ2v) is 5.47. The highest BCUT2D eigenvalue weighted by Crippen LogP contribution is 2.21. The Morgan fingerprint density at radius 3 is 2.74 bits per heavy atom. The molecular weight excluding hydrogens is 254 g/mol. The molecule has 0 unspecified atom stereocenters. The largest absolute Gasteiger partial charge is 0.312 e. The third-order valence-electron chi connectivity index (χ3n) is 2.93. The fourth-order valence-electron chi connectivity index (χ4n) is 1.96. The van der Waals surface area contributed by atoms with Gasteiger partial charge in [0.05, 0.1) is 15.2 Å². The van der Waals surface area contributed by atoms with Gasteiger partial charge in [0.1, 0.15) is 0 Å². The van der Waals surface area contributed by atoms with Crippen molar-refractivity contribution in [2.45, 2.75) is 13.0 Å². The van der Waals surface area contributed by atoms with Crippen LogP contribution in [0.3, 0.4) is 0 Å². The van der Waals surface area contributed by atoms with Crippen molar-refractivity contribution in [3.63, 3.8) is 0 Å². The van der Waals surface area contributed by atoms with E-state index in [1.807, 2.05) is 30.6 Å². The fraction of sp³-hybridized carbons (Fsp3) is 0.200. The monoisotopic (exact) mass is 269 g/mol. The van der Waals surface area contributed by atoms with Crippen LogP contribution in [0.1, 0.15) is 10.6 Å². The first-order valence-electron chi connectivity index (χ1n) is 6.36. The molecule has 1 aromatic carbocycles. The lowest BCUT2D eigenvalue weighted by molar-refractivity contribution is 0.685.